The van der Waals surface area contributed by atoms with Crippen molar-refractivity contribution in [1.29, 1.82) is 0 Å². The number of aromatic nitrogens is 1. The van der Waals surface area contributed by atoms with Crippen LogP contribution in [0.15, 0.2) is 18.2 Å². The summed E-state index contributed by atoms with van der Waals surface area (Å²) in [4.78, 5) is 7.29. The van der Waals surface area contributed by atoms with Crippen LogP contribution in [0.4, 0.5) is 0 Å². The van der Waals surface area contributed by atoms with E-state index in [0.717, 1.165) is 24.4 Å². The standard InChI is InChI=1S/C15H21N3OS/c1-16-9-11-4-3-7-18(11)10-15-17-13-6-5-12(19-2)8-14(13)20-15/h5-6,8,11,16H,3-4,7,9-10H2,1-2H3. The van der Waals surface area contributed by atoms with Crippen molar-refractivity contribution < 1.29 is 4.74 Å². The first-order valence-corrected chi connectivity index (χ1v) is 7.94. The molecule has 0 spiro atoms. The molecule has 3 rings (SSSR count). The van der Waals surface area contributed by atoms with E-state index in [9.17, 15) is 0 Å². The van der Waals surface area contributed by atoms with Gasteiger partial charge in [0.2, 0.25) is 0 Å². The van der Waals surface area contributed by atoms with Gasteiger partial charge in [-0.2, -0.15) is 0 Å². The first-order valence-electron chi connectivity index (χ1n) is 7.12. The van der Waals surface area contributed by atoms with E-state index in [0.29, 0.717) is 6.04 Å². The van der Waals surface area contributed by atoms with E-state index < -0.39 is 0 Å². The van der Waals surface area contributed by atoms with Gasteiger partial charge >= 0.3 is 0 Å². The van der Waals surface area contributed by atoms with Gasteiger partial charge in [-0.3, -0.25) is 4.90 Å². The zero-order valence-corrected chi connectivity index (χ0v) is 12.9. The number of hydrogen-bond acceptors (Lipinski definition) is 5. The lowest BCUT2D eigenvalue weighted by Crippen LogP contribution is -2.36. The van der Waals surface area contributed by atoms with Crippen molar-refractivity contribution in [3.05, 3.63) is 23.2 Å². The highest BCUT2D eigenvalue weighted by Crippen LogP contribution is 2.28. The Morgan fingerprint density at radius 1 is 1.50 bits per heavy atom. The van der Waals surface area contributed by atoms with Gasteiger partial charge in [-0.15, -0.1) is 11.3 Å². The molecule has 20 heavy (non-hydrogen) atoms. The average Bonchev–Trinajstić information content (AvgIpc) is 3.05. The van der Waals surface area contributed by atoms with Crippen LogP contribution in [0.2, 0.25) is 0 Å². The third kappa shape index (κ3) is 2.80. The normalized spacial score (nSPS) is 19.8. The van der Waals surface area contributed by atoms with Crippen molar-refractivity contribution in [1.82, 2.24) is 15.2 Å². The van der Waals surface area contributed by atoms with E-state index in [1.165, 1.54) is 29.1 Å². The van der Waals surface area contributed by atoms with Crippen LogP contribution in [0.5, 0.6) is 5.75 Å². The fourth-order valence-corrected chi connectivity index (χ4v) is 3.91. The van der Waals surface area contributed by atoms with Crippen LogP contribution in [-0.2, 0) is 6.54 Å². The molecule has 1 aliphatic heterocycles. The number of likely N-dealkylation sites (N-methyl/N-ethyl adjacent to an activating group) is 1. The van der Waals surface area contributed by atoms with E-state index in [-0.39, 0.29) is 0 Å². The Balaban J connectivity index is 1.77. The molecular weight excluding hydrogens is 270 g/mol. The number of nitrogens with one attached hydrogen (secondary N) is 1. The summed E-state index contributed by atoms with van der Waals surface area (Å²) in [5, 5.41) is 4.50. The van der Waals surface area contributed by atoms with Crippen LogP contribution in [0.25, 0.3) is 10.2 Å². The molecule has 4 nitrogen and oxygen atoms in total. The summed E-state index contributed by atoms with van der Waals surface area (Å²) in [7, 11) is 3.73. The van der Waals surface area contributed by atoms with Gasteiger partial charge in [-0.25, -0.2) is 4.98 Å². The molecule has 0 bridgehead atoms. The second-order valence-electron chi connectivity index (χ2n) is 5.27. The number of rotatable bonds is 5. The Hall–Kier alpha value is -1.17. The maximum Gasteiger partial charge on any atom is 0.120 e. The highest BCUT2D eigenvalue weighted by molar-refractivity contribution is 7.18. The molecule has 1 fully saturated rings. The number of hydrogen-bond donors (Lipinski definition) is 1. The monoisotopic (exact) mass is 291 g/mol. The Labute approximate surface area is 123 Å². The van der Waals surface area contributed by atoms with Gasteiger partial charge < -0.3 is 10.1 Å². The maximum absolute atomic E-state index is 5.27. The largest absolute Gasteiger partial charge is 0.497 e. The van der Waals surface area contributed by atoms with Gasteiger partial charge in [-0.05, 0) is 44.6 Å². The van der Waals surface area contributed by atoms with Crippen LogP contribution in [-0.4, -0.2) is 43.2 Å². The number of nitrogens with zero attached hydrogens (tertiary/aromatic N) is 2. The topological polar surface area (TPSA) is 37.4 Å². The molecule has 1 aromatic heterocycles. The molecule has 1 aromatic carbocycles. The molecule has 1 N–H and O–H groups in total. The van der Waals surface area contributed by atoms with Crippen molar-refractivity contribution in [2.45, 2.75) is 25.4 Å². The van der Waals surface area contributed by atoms with E-state index >= 15 is 0 Å². The van der Waals surface area contributed by atoms with Crippen LogP contribution >= 0.6 is 11.3 Å². The molecule has 2 aromatic rings. The van der Waals surface area contributed by atoms with Crippen LogP contribution in [0.1, 0.15) is 17.8 Å². The number of fused-ring (bicyclic) bond motifs is 1. The first-order chi connectivity index (χ1) is 9.80. The van der Waals surface area contributed by atoms with E-state index in [2.05, 4.69) is 16.3 Å². The molecular formula is C15H21N3OS. The summed E-state index contributed by atoms with van der Waals surface area (Å²) in [6, 6.07) is 6.75. The van der Waals surface area contributed by atoms with Crippen molar-refractivity contribution in [2.24, 2.45) is 0 Å². The van der Waals surface area contributed by atoms with Crippen LogP contribution < -0.4 is 10.1 Å². The molecule has 5 heteroatoms. The van der Waals surface area contributed by atoms with Crippen LogP contribution in [0, 0.1) is 0 Å². The van der Waals surface area contributed by atoms with Gasteiger partial charge in [0, 0.05) is 12.6 Å². The Bertz CT molecular complexity index is 584. The minimum Gasteiger partial charge on any atom is -0.497 e. The quantitative estimate of drug-likeness (QED) is 0.918. The highest BCUT2D eigenvalue weighted by atomic mass is 32.1. The van der Waals surface area contributed by atoms with E-state index in [1.54, 1.807) is 18.4 Å². The Kier molecular flexibility index (Phi) is 4.19. The number of thiazole rings is 1. The molecule has 0 radical (unpaired) electrons. The highest BCUT2D eigenvalue weighted by Gasteiger charge is 2.24. The van der Waals surface area contributed by atoms with Crippen molar-refractivity contribution in [2.75, 3.05) is 27.2 Å². The molecule has 2 heterocycles. The molecule has 1 aliphatic rings. The number of methoxy groups -OCH3 is 1. The molecule has 1 unspecified atom stereocenters. The fourth-order valence-electron chi connectivity index (χ4n) is 2.89. The van der Waals surface area contributed by atoms with Gasteiger partial charge in [0.05, 0.1) is 23.9 Å². The molecule has 1 saturated heterocycles. The summed E-state index contributed by atoms with van der Waals surface area (Å²) in [6.45, 7) is 3.22. The minimum absolute atomic E-state index is 0.654. The van der Waals surface area contributed by atoms with Gasteiger partial charge in [-0.1, -0.05) is 0 Å². The van der Waals surface area contributed by atoms with Crippen molar-refractivity contribution in [3.8, 4) is 5.75 Å². The van der Waals surface area contributed by atoms with E-state index in [4.69, 9.17) is 9.72 Å². The molecule has 1 atom stereocenters. The lowest BCUT2D eigenvalue weighted by molar-refractivity contribution is 0.242. The van der Waals surface area contributed by atoms with Gasteiger partial charge in [0.15, 0.2) is 0 Å². The Morgan fingerprint density at radius 2 is 2.40 bits per heavy atom. The summed E-state index contributed by atoms with van der Waals surface area (Å²) in [5.74, 6) is 0.905. The molecule has 0 saturated carbocycles. The van der Waals surface area contributed by atoms with Gasteiger partial charge in [0.1, 0.15) is 10.8 Å². The summed E-state index contributed by atoms with van der Waals surface area (Å²) in [5.41, 5.74) is 1.08. The average molecular weight is 291 g/mol. The first kappa shape index (κ1) is 13.8. The number of ether oxygens (including phenoxy) is 1. The van der Waals surface area contributed by atoms with E-state index in [1.807, 2.05) is 19.2 Å². The predicted molar refractivity (Wildman–Crippen MR) is 83.5 cm³/mol. The summed E-state index contributed by atoms with van der Waals surface area (Å²) >= 11 is 1.78. The zero-order valence-electron chi connectivity index (χ0n) is 12.1. The molecule has 0 aliphatic carbocycles. The van der Waals surface area contributed by atoms with Crippen molar-refractivity contribution >= 4 is 21.6 Å². The maximum atomic E-state index is 5.27. The third-order valence-corrected chi connectivity index (χ3v) is 4.92. The number of benzene rings is 1. The van der Waals surface area contributed by atoms with Gasteiger partial charge in [0.25, 0.3) is 0 Å². The second kappa shape index (κ2) is 6.08. The predicted octanol–water partition coefficient (Wildman–Crippen LogP) is 2.49. The smallest absolute Gasteiger partial charge is 0.120 e. The summed E-state index contributed by atoms with van der Waals surface area (Å²) in [6.07, 6.45) is 2.59. The number of likely N-dealkylation sites (tertiary alicyclic amines) is 1. The fraction of sp³-hybridized carbons (Fsp3) is 0.533. The minimum atomic E-state index is 0.654. The SMILES string of the molecule is CNCC1CCCN1Cc1nc2ccc(OC)cc2s1. The lowest BCUT2D eigenvalue weighted by Gasteiger charge is -2.22. The van der Waals surface area contributed by atoms with Crippen LogP contribution in [0.3, 0.4) is 0 Å². The third-order valence-electron chi connectivity index (χ3n) is 3.92. The lowest BCUT2D eigenvalue weighted by atomic mass is 10.2. The zero-order chi connectivity index (χ0) is 13.9. The second-order valence-corrected chi connectivity index (χ2v) is 6.38. The summed E-state index contributed by atoms with van der Waals surface area (Å²) < 4.78 is 6.49. The van der Waals surface area contributed by atoms with Crippen molar-refractivity contribution in [3.63, 3.8) is 0 Å². The Morgan fingerprint density at radius 3 is 3.20 bits per heavy atom. The molecule has 0 amide bonds. The molecule has 108 valence electrons.